The lowest BCUT2D eigenvalue weighted by molar-refractivity contribution is 0.0376. The molecule has 2 rings (SSSR count). The Balaban J connectivity index is 0.00000200. The van der Waals surface area contributed by atoms with Gasteiger partial charge in [-0.15, -0.1) is 24.0 Å². The summed E-state index contributed by atoms with van der Waals surface area (Å²) in [5, 5.41) is 3.21. The Kier molecular flexibility index (Phi) is 8.13. The molecule has 0 aromatic heterocycles. The molecule has 0 unspecified atom stereocenters. The molecule has 2 aliphatic rings. The van der Waals surface area contributed by atoms with Crippen LogP contribution in [0.3, 0.4) is 0 Å². The van der Waals surface area contributed by atoms with Gasteiger partial charge in [-0.2, -0.15) is 0 Å². The maximum absolute atomic E-state index is 5.88. The van der Waals surface area contributed by atoms with Gasteiger partial charge in [0.25, 0.3) is 0 Å². The largest absolute Gasteiger partial charge is 0.379 e. The monoisotopic (exact) mass is 396 g/mol. The van der Waals surface area contributed by atoms with E-state index in [-0.39, 0.29) is 24.0 Å². The molecule has 1 saturated heterocycles. The molecule has 0 amide bonds. The van der Waals surface area contributed by atoms with Crippen LogP contribution in [0.2, 0.25) is 0 Å². The normalized spacial score (nSPS) is 22.8. The van der Waals surface area contributed by atoms with E-state index in [9.17, 15) is 0 Å². The van der Waals surface area contributed by atoms with Gasteiger partial charge in [0.2, 0.25) is 0 Å². The van der Waals surface area contributed by atoms with Gasteiger partial charge in [-0.05, 0) is 31.2 Å². The SMILES string of the molecule is CC1(CN=C(N)NCCCN2CCOCC2)CCC1.I. The topological polar surface area (TPSA) is 62.9 Å². The highest BCUT2D eigenvalue weighted by atomic mass is 127. The van der Waals surface area contributed by atoms with E-state index in [2.05, 4.69) is 22.1 Å². The fourth-order valence-corrected chi connectivity index (χ4v) is 2.61. The van der Waals surface area contributed by atoms with Crippen molar-refractivity contribution in [3.8, 4) is 0 Å². The zero-order chi connectivity index (χ0) is 13.6. The Hall–Kier alpha value is -0.0800. The molecule has 1 heterocycles. The summed E-state index contributed by atoms with van der Waals surface area (Å²) in [6.07, 6.45) is 5.04. The lowest BCUT2D eigenvalue weighted by Gasteiger charge is -2.36. The second-order valence-electron chi connectivity index (χ2n) is 6.10. The first kappa shape index (κ1) is 18.0. The Morgan fingerprint density at radius 3 is 2.65 bits per heavy atom. The van der Waals surface area contributed by atoms with Crippen molar-refractivity contribution in [2.24, 2.45) is 16.1 Å². The van der Waals surface area contributed by atoms with Crippen LogP contribution in [-0.4, -0.2) is 56.8 Å². The van der Waals surface area contributed by atoms with E-state index in [1.54, 1.807) is 0 Å². The van der Waals surface area contributed by atoms with E-state index < -0.39 is 0 Å². The minimum absolute atomic E-state index is 0. The number of morpholine rings is 1. The summed E-state index contributed by atoms with van der Waals surface area (Å²) in [6, 6.07) is 0. The molecule has 118 valence electrons. The van der Waals surface area contributed by atoms with Gasteiger partial charge < -0.3 is 15.8 Å². The van der Waals surface area contributed by atoms with Gasteiger partial charge in [0.15, 0.2) is 5.96 Å². The third kappa shape index (κ3) is 6.13. The van der Waals surface area contributed by atoms with Crippen molar-refractivity contribution in [3.63, 3.8) is 0 Å². The summed E-state index contributed by atoms with van der Waals surface area (Å²) in [6.45, 7) is 9.04. The summed E-state index contributed by atoms with van der Waals surface area (Å²) in [5.74, 6) is 0.607. The molecule has 0 aromatic rings. The molecule has 0 atom stereocenters. The van der Waals surface area contributed by atoms with Gasteiger partial charge in [-0.25, -0.2) is 0 Å². The quantitative estimate of drug-likeness (QED) is 0.309. The van der Waals surface area contributed by atoms with E-state index in [1.807, 2.05) is 0 Å². The highest BCUT2D eigenvalue weighted by Gasteiger charge is 2.31. The number of ether oxygens (including phenoxy) is 1. The standard InChI is InChI=1S/C14H28N4O.HI/c1-14(4-2-5-14)12-17-13(15)16-6-3-7-18-8-10-19-11-9-18;/h2-12H2,1H3,(H3,15,16,17);1H. The number of guanidine groups is 1. The van der Waals surface area contributed by atoms with Crippen LogP contribution >= 0.6 is 24.0 Å². The summed E-state index contributed by atoms with van der Waals surface area (Å²) in [7, 11) is 0. The Bertz CT molecular complexity index is 302. The van der Waals surface area contributed by atoms with Crippen molar-refractivity contribution >= 4 is 29.9 Å². The second-order valence-corrected chi connectivity index (χ2v) is 6.10. The number of hydrogen-bond donors (Lipinski definition) is 2. The minimum atomic E-state index is 0. The van der Waals surface area contributed by atoms with E-state index >= 15 is 0 Å². The third-order valence-electron chi connectivity index (χ3n) is 4.25. The molecule has 0 spiro atoms. The van der Waals surface area contributed by atoms with Crippen LogP contribution in [0.4, 0.5) is 0 Å². The van der Waals surface area contributed by atoms with Gasteiger partial charge in [-0.3, -0.25) is 9.89 Å². The fourth-order valence-electron chi connectivity index (χ4n) is 2.61. The molecule has 0 aromatic carbocycles. The Morgan fingerprint density at radius 1 is 1.35 bits per heavy atom. The molecular weight excluding hydrogens is 367 g/mol. The number of rotatable bonds is 6. The van der Waals surface area contributed by atoms with E-state index in [1.165, 1.54) is 19.3 Å². The smallest absolute Gasteiger partial charge is 0.188 e. The number of nitrogens with zero attached hydrogens (tertiary/aromatic N) is 2. The van der Waals surface area contributed by atoms with Gasteiger partial charge in [0, 0.05) is 26.2 Å². The van der Waals surface area contributed by atoms with Gasteiger partial charge >= 0.3 is 0 Å². The number of nitrogens with one attached hydrogen (secondary N) is 1. The van der Waals surface area contributed by atoms with Crippen molar-refractivity contribution in [2.75, 3.05) is 45.9 Å². The van der Waals surface area contributed by atoms with Crippen LogP contribution in [0, 0.1) is 5.41 Å². The van der Waals surface area contributed by atoms with Crippen molar-refractivity contribution in [2.45, 2.75) is 32.6 Å². The molecule has 6 heteroatoms. The molecule has 5 nitrogen and oxygen atoms in total. The van der Waals surface area contributed by atoms with Gasteiger partial charge in [0.05, 0.1) is 13.2 Å². The average molecular weight is 396 g/mol. The van der Waals surface area contributed by atoms with E-state index in [0.29, 0.717) is 11.4 Å². The van der Waals surface area contributed by atoms with Crippen LogP contribution in [-0.2, 0) is 4.74 Å². The molecule has 3 N–H and O–H groups in total. The molecule has 1 aliphatic heterocycles. The number of nitrogens with two attached hydrogens (primary N) is 1. The van der Waals surface area contributed by atoms with Crippen LogP contribution in [0.5, 0.6) is 0 Å². The maximum Gasteiger partial charge on any atom is 0.188 e. The minimum Gasteiger partial charge on any atom is -0.379 e. The first-order chi connectivity index (χ1) is 9.18. The molecule has 20 heavy (non-hydrogen) atoms. The number of aliphatic imine (C=N–C) groups is 1. The molecular formula is C14H29IN4O. The highest BCUT2D eigenvalue weighted by Crippen LogP contribution is 2.40. The van der Waals surface area contributed by atoms with Gasteiger partial charge in [-0.1, -0.05) is 13.3 Å². The third-order valence-corrected chi connectivity index (χ3v) is 4.25. The lowest BCUT2D eigenvalue weighted by Crippen LogP contribution is -2.39. The average Bonchev–Trinajstić information content (AvgIpc) is 2.40. The van der Waals surface area contributed by atoms with Crippen molar-refractivity contribution in [1.82, 2.24) is 10.2 Å². The van der Waals surface area contributed by atoms with Crippen LogP contribution in [0.1, 0.15) is 32.6 Å². The molecule has 0 radical (unpaired) electrons. The van der Waals surface area contributed by atoms with Gasteiger partial charge in [0.1, 0.15) is 0 Å². The van der Waals surface area contributed by atoms with E-state index in [4.69, 9.17) is 10.5 Å². The zero-order valence-corrected chi connectivity index (χ0v) is 14.9. The molecule has 0 bridgehead atoms. The predicted octanol–water partition coefficient (Wildman–Crippen LogP) is 1.42. The first-order valence-electron chi connectivity index (χ1n) is 7.52. The van der Waals surface area contributed by atoms with Crippen LogP contribution < -0.4 is 11.1 Å². The molecule has 2 fully saturated rings. The van der Waals surface area contributed by atoms with Crippen molar-refractivity contribution in [1.29, 1.82) is 0 Å². The Morgan fingerprint density at radius 2 is 2.05 bits per heavy atom. The molecule has 1 saturated carbocycles. The second kappa shape index (κ2) is 9.04. The lowest BCUT2D eigenvalue weighted by atomic mass is 9.71. The zero-order valence-electron chi connectivity index (χ0n) is 12.6. The number of halogens is 1. The maximum atomic E-state index is 5.88. The summed E-state index contributed by atoms with van der Waals surface area (Å²) >= 11 is 0. The Labute approximate surface area is 139 Å². The summed E-state index contributed by atoms with van der Waals surface area (Å²) in [5.41, 5.74) is 6.30. The summed E-state index contributed by atoms with van der Waals surface area (Å²) in [4.78, 5) is 6.89. The van der Waals surface area contributed by atoms with Crippen LogP contribution in [0.25, 0.3) is 0 Å². The molecule has 1 aliphatic carbocycles. The summed E-state index contributed by atoms with van der Waals surface area (Å²) < 4.78 is 5.33. The highest BCUT2D eigenvalue weighted by molar-refractivity contribution is 14.0. The van der Waals surface area contributed by atoms with E-state index in [0.717, 1.165) is 52.4 Å². The van der Waals surface area contributed by atoms with Crippen molar-refractivity contribution in [3.05, 3.63) is 0 Å². The van der Waals surface area contributed by atoms with Crippen LogP contribution in [0.15, 0.2) is 4.99 Å². The first-order valence-corrected chi connectivity index (χ1v) is 7.52. The fraction of sp³-hybridized carbons (Fsp3) is 0.929. The predicted molar refractivity (Wildman–Crippen MR) is 93.7 cm³/mol. The number of hydrogen-bond acceptors (Lipinski definition) is 3. The van der Waals surface area contributed by atoms with Crippen molar-refractivity contribution < 1.29 is 4.74 Å².